The molecule has 3 aromatic rings. The van der Waals surface area contributed by atoms with Crippen molar-refractivity contribution in [1.29, 1.82) is 0 Å². The maximum absolute atomic E-state index is 4.58. The van der Waals surface area contributed by atoms with Gasteiger partial charge in [0.05, 0.1) is 5.52 Å². The van der Waals surface area contributed by atoms with Gasteiger partial charge in [-0.2, -0.15) is 0 Å². The van der Waals surface area contributed by atoms with Gasteiger partial charge in [-0.15, -0.1) is 11.8 Å². The van der Waals surface area contributed by atoms with E-state index in [2.05, 4.69) is 45.5 Å². The lowest BCUT2D eigenvalue weighted by Crippen LogP contribution is -2.10. The first kappa shape index (κ1) is 13.0. The number of nitrogens with one attached hydrogen (secondary N) is 1. The third kappa shape index (κ3) is 2.36. The number of nitrogens with zero attached hydrogens (tertiary/aromatic N) is 3. The Morgan fingerprint density at radius 2 is 1.75 bits per heavy atom. The van der Waals surface area contributed by atoms with Crippen LogP contribution in [0.4, 0.5) is 5.82 Å². The number of rotatable bonds is 3. The molecular formula is C15H16N4S. The first-order chi connectivity index (χ1) is 9.67. The molecule has 0 spiro atoms. The van der Waals surface area contributed by atoms with Crippen molar-refractivity contribution in [3.05, 3.63) is 36.4 Å². The SMILES string of the molecule is CSc1ccc(-c2nc3nc(N(C)C)ccc3[nH]2)cc1. The summed E-state index contributed by atoms with van der Waals surface area (Å²) in [6.07, 6.45) is 2.07. The van der Waals surface area contributed by atoms with Crippen LogP contribution in [0, 0.1) is 0 Å². The molecule has 3 rings (SSSR count). The quantitative estimate of drug-likeness (QED) is 0.749. The Hall–Kier alpha value is -2.01. The number of anilines is 1. The predicted octanol–water partition coefficient (Wildman–Crippen LogP) is 3.41. The normalized spacial score (nSPS) is 10.9. The number of benzene rings is 1. The van der Waals surface area contributed by atoms with Crippen molar-refractivity contribution in [2.24, 2.45) is 0 Å². The molecule has 0 bridgehead atoms. The number of thioether (sulfide) groups is 1. The minimum Gasteiger partial charge on any atom is -0.363 e. The van der Waals surface area contributed by atoms with Gasteiger partial charge in [0.15, 0.2) is 5.65 Å². The molecule has 0 unspecified atom stereocenters. The van der Waals surface area contributed by atoms with E-state index in [4.69, 9.17) is 0 Å². The zero-order chi connectivity index (χ0) is 14.1. The number of aromatic nitrogens is 3. The van der Waals surface area contributed by atoms with E-state index in [0.717, 1.165) is 28.4 Å². The van der Waals surface area contributed by atoms with Gasteiger partial charge >= 0.3 is 0 Å². The minimum atomic E-state index is 0.750. The van der Waals surface area contributed by atoms with Crippen LogP contribution in [-0.4, -0.2) is 35.3 Å². The molecule has 0 fully saturated rings. The van der Waals surface area contributed by atoms with Crippen LogP contribution in [0.25, 0.3) is 22.6 Å². The van der Waals surface area contributed by atoms with Crippen LogP contribution < -0.4 is 4.90 Å². The lowest BCUT2D eigenvalue weighted by molar-refractivity contribution is 1.08. The summed E-state index contributed by atoms with van der Waals surface area (Å²) in [5.74, 6) is 1.77. The third-order valence-corrected chi connectivity index (χ3v) is 3.90. The summed E-state index contributed by atoms with van der Waals surface area (Å²) in [7, 11) is 3.95. The van der Waals surface area contributed by atoms with Crippen molar-refractivity contribution in [3.63, 3.8) is 0 Å². The van der Waals surface area contributed by atoms with Gasteiger partial charge < -0.3 is 9.88 Å². The number of hydrogen-bond donors (Lipinski definition) is 1. The molecule has 0 aliphatic carbocycles. The maximum Gasteiger partial charge on any atom is 0.180 e. The molecule has 0 saturated carbocycles. The Kier molecular flexibility index (Phi) is 3.36. The summed E-state index contributed by atoms with van der Waals surface area (Å²) in [6, 6.07) is 12.4. The highest BCUT2D eigenvalue weighted by Crippen LogP contribution is 2.23. The second-order valence-corrected chi connectivity index (χ2v) is 5.63. The zero-order valence-electron chi connectivity index (χ0n) is 11.7. The first-order valence-electron chi connectivity index (χ1n) is 6.36. The van der Waals surface area contributed by atoms with Gasteiger partial charge in [0, 0.05) is 24.6 Å². The molecule has 2 aromatic heterocycles. The maximum atomic E-state index is 4.58. The number of pyridine rings is 1. The van der Waals surface area contributed by atoms with E-state index in [1.165, 1.54) is 4.90 Å². The van der Waals surface area contributed by atoms with Crippen molar-refractivity contribution in [2.45, 2.75) is 4.90 Å². The second kappa shape index (κ2) is 5.17. The van der Waals surface area contributed by atoms with Gasteiger partial charge in [-0.3, -0.25) is 0 Å². The molecule has 1 aromatic carbocycles. The molecule has 0 saturated heterocycles. The Balaban J connectivity index is 2.03. The fraction of sp³-hybridized carbons (Fsp3) is 0.200. The standard InChI is InChI=1S/C15H16N4S/c1-19(2)13-9-8-12-15(17-13)18-14(16-12)10-4-6-11(20-3)7-5-10/h4-9H,1-3H3,(H,16,17,18). The lowest BCUT2D eigenvalue weighted by atomic mass is 10.2. The summed E-state index contributed by atoms with van der Waals surface area (Å²) < 4.78 is 0. The molecule has 0 amide bonds. The summed E-state index contributed by atoms with van der Waals surface area (Å²) in [5, 5.41) is 0. The van der Waals surface area contributed by atoms with E-state index in [0.29, 0.717) is 0 Å². The molecule has 0 radical (unpaired) electrons. The second-order valence-electron chi connectivity index (χ2n) is 4.75. The van der Waals surface area contributed by atoms with Gasteiger partial charge in [0.25, 0.3) is 0 Å². The van der Waals surface area contributed by atoms with Crippen LogP contribution in [0.1, 0.15) is 0 Å². The molecular weight excluding hydrogens is 268 g/mol. The Morgan fingerprint density at radius 3 is 2.40 bits per heavy atom. The summed E-state index contributed by atoms with van der Waals surface area (Å²) in [5.41, 5.74) is 2.78. The predicted molar refractivity (Wildman–Crippen MR) is 85.4 cm³/mol. The average Bonchev–Trinajstić information content (AvgIpc) is 2.90. The van der Waals surface area contributed by atoms with Crippen LogP contribution in [0.15, 0.2) is 41.3 Å². The Labute approximate surface area is 122 Å². The lowest BCUT2D eigenvalue weighted by Gasteiger charge is -2.09. The summed E-state index contributed by atoms with van der Waals surface area (Å²) in [6.45, 7) is 0. The number of fused-ring (bicyclic) bond motifs is 1. The van der Waals surface area contributed by atoms with Crippen molar-refractivity contribution < 1.29 is 0 Å². The van der Waals surface area contributed by atoms with Gasteiger partial charge in [0.2, 0.25) is 0 Å². The number of H-pyrrole nitrogens is 1. The van der Waals surface area contributed by atoms with Crippen molar-refractivity contribution >= 4 is 28.7 Å². The van der Waals surface area contributed by atoms with E-state index >= 15 is 0 Å². The third-order valence-electron chi connectivity index (χ3n) is 3.15. The smallest absolute Gasteiger partial charge is 0.180 e. The molecule has 102 valence electrons. The molecule has 1 N–H and O–H groups in total. The highest BCUT2D eigenvalue weighted by molar-refractivity contribution is 7.98. The van der Waals surface area contributed by atoms with Crippen LogP contribution in [-0.2, 0) is 0 Å². The summed E-state index contributed by atoms with van der Waals surface area (Å²) >= 11 is 1.73. The van der Waals surface area contributed by atoms with Crippen LogP contribution in [0.3, 0.4) is 0 Å². The zero-order valence-corrected chi connectivity index (χ0v) is 12.5. The van der Waals surface area contributed by atoms with Gasteiger partial charge in [-0.1, -0.05) is 12.1 Å². The van der Waals surface area contributed by atoms with Crippen molar-refractivity contribution in [1.82, 2.24) is 15.0 Å². The fourth-order valence-electron chi connectivity index (χ4n) is 2.02. The van der Waals surface area contributed by atoms with Gasteiger partial charge in [-0.25, -0.2) is 9.97 Å². The molecule has 0 aliphatic heterocycles. The highest BCUT2D eigenvalue weighted by Gasteiger charge is 2.08. The molecule has 2 heterocycles. The van der Waals surface area contributed by atoms with E-state index in [-0.39, 0.29) is 0 Å². The number of imidazole rings is 1. The topological polar surface area (TPSA) is 44.8 Å². The fourth-order valence-corrected chi connectivity index (χ4v) is 2.43. The first-order valence-corrected chi connectivity index (χ1v) is 7.58. The number of aromatic amines is 1. The molecule has 0 aliphatic rings. The average molecular weight is 284 g/mol. The summed E-state index contributed by atoms with van der Waals surface area (Å²) in [4.78, 5) is 15.7. The van der Waals surface area contributed by atoms with E-state index in [9.17, 15) is 0 Å². The van der Waals surface area contributed by atoms with Crippen LogP contribution in [0.2, 0.25) is 0 Å². The van der Waals surface area contributed by atoms with E-state index < -0.39 is 0 Å². The molecule has 4 nitrogen and oxygen atoms in total. The Morgan fingerprint density at radius 1 is 1.00 bits per heavy atom. The monoisotopic (exact) mass is 284 g/mol. The number of hydrogen-bond acceptors (Lipinski definition) is 4. The molecule has 20 heavy (non-hydrogen) atoms. The molecule has 5 heteroatoms. The van der Waals surface area contributed by atoms with E-state index in [1.807, 2.05) is 31.1 Å². The minimum absolute atomic E-state index is 0.750. The highest BCUT2D eigenvalue weighted by atomic mass is 32.2. The van der Waals surface area contributed by atoms with Gasteiger partial charge in [-0.05, 0) is 30.5 Å². The van der Waals surface area contributed by atoms with Gasteiger partial charge in [0.1, 0.15) is 11.6 Å². The molecule has 0 atom stereocenters. The van der Waals surface area contributed by atoms with Crippen molar-refractivity contribution in [2.75, 3.05) is 25.3 Å². The van der Waals surface area contributed by atoms with Crippen LogP contribution >= 0.6 is 11.8 Å². The van der Waals surface area contributed by atoms with E-state index in [1.54, 1.807) is 11.8 Å². The van der Waals surface area contributed by atoms with Crippen molar-refractivity contribution in [3.8, 4) is 11.4 Å². The Bertz CT molecular complexity index is 731. The largest absolute Gasteiger partial charge is 0.363 e. The van der Waals surface area contributed by atoms with Crippen LogP contribution in [0.5, 0.6) is 0 Å².